The number of hydrogen-bond acceptors (Lipinski definition) is 4. The lowest BCUT2D eigenvalue weighted by molar-refractivity contribution is 0.497. The van der Waals surface area contributed by atoms with Crippen molar-refractivity contribution in [3.63, 3.8) is 0 Å². The highest BCUT2D eigenvalue weighted by atomic mass is 32.2. The van der Waals surface area contributed by atoms with Crippen molar-refractivity contribution in [2.75, 3.05) is 18.6 Å². The van der Waals surface area contributed by atoms with Crippen LogP contribution in [0.2, 0.25) is 0 Å². The van der Waals surface area contributed by atoms with Crippen LogP contribution in [-0.4, -0.2) is 27.0 Å². The van der Waals surface area contributed by atoms with Gasteiger partial charge >= 0.3 is 0 Å². The first-order valence-corrected chi connectivity index (χ1v) is 9.79. The van der Waals surface area contributed by atoms with Crippen LogP contribution in [-0.2, 0) is 21.8 Å². The zero-order chi connectivity index (χ0) is 17.1. The number of hydrogen-bond donors (Lipinski definition) is 1. The molecule has 5 heteroatoms. The van der Waals surface area contributed by atoms with Gasteiger partial charge in [-0.25, -0.2) is 8.42 Å². The van der Waals surface area contributed by atoms with E-state index in [9.17, 15) is 8.42 Å². The van der Waals surface area contributed by atoms with Crippen molar-refractivity contribution in [2.24, 2.45) is 0 Å². The summed E-state index contributed by atoms with van der Waals surface area (Å²) in [5.41, 5.74) is 2.46. The smallest absolute Gasteiger partial charge is 0.148 e. The summed E-state index contributed by atoms with van der Waals surface area (Å²) in [6.07, 6.45) is 1.24. The molecule has 1 aromatic carbocycles. The standard InChI is InChI=1S/C18H25NO3S/c1-18(2,3)15-7-5-14(6-8-15)17-10-9-16(22-17)13-19-11-12-23(4,20)21/h5-10,19H,11-13H2,1-4H3. The van der Waals surface area contributed by atoms with Gasteiger partial charge in [0.1, 0.15) is 21.4 Å². The first-order chi connectivity index (χ1) is 10.6. The fourth-order valence-corrected chi connectivity index (χ4v) is 2.75. The highest BCUT2D eigenvalue weighted by Crippen LogP contribution is 2.27. The Morgan fingerprint density at radius 2 is 1.70 bits per heavy atom. The molecule has 0 atom stereocenters. The van der Waals surface area contributed by atoms with Crippen LogP contribution in [0.15, 0.2) is 40.8 Å². The summed E-state index contributed by atoms with van der Waals surface area (Å²) in [6.45, 7) is 7.52. The van der Waals surface area contributed by atoms with Gasteiger partial charge in [-0.1, -0.05) is 45.0 Å². The maximum Gasteiger partial charge on any atom is 0.148 e. The largest absolute Gasteiger partial charge is 0.460 e. The topological polar surface area (TPSA) is 59.3 Å². The van der Waals surface area contributed by atoms with Gasteiger partial charge < -0.3 is 9.73 Å². The highest BCUT2D eigenvalue weighted by Gasteiger charge is 2.13. The van der Waals surface area contributed by atoms with Crippen LogP contribution in [0, 0.1) is 0 Å². The van der Waals surface area contributed by atoms with Gasteiger partial charge in [0.15, 0.2) is 0 Å². The molecule has 0 saturated carbocycles. The lowest BCUT2D eigenvalue weighted by Crippen LogP contribution is -2.21. The molecule has 126 valence electrons. The molecule has 23 heavy (non-hydrogen) atoms. The minimum Gasteiger partial charge on any atom is -0.460 e. The van der Waals surface area contributed by atoms with Gasteiger partial charge in [0.2, 0.25) is 0 Å². The number of benzene rings is 1. The Morgan fingerprint density at radius 1 is 1.04 bits per heavy atom. The molecule has 0 saturated heterocycles. The minimum absolute atomic E-state index is 0.134. The lowest BCUT2D eigenvalue weighted by atomic mass is 9.86. The summed E-state index contributed by atoms with van der Waals surface area (Å²) < 4.78 is 27.9. The van der Waals surface area contributed by atoms with Crippen LogP contribution in [0.4, 0.5) is 0 Å². The summed E-state index contributed by atoms with van der Waals surface area (Å²) in [4.78, 5) is 0. The average Bonchev–Trinajstić information content (AvgIpc) is 2.91. The maximum absolute atomic E-state index is 11.1. The van der Waals surface area contributed by atoms with E-state index in [0.29, 0.717) is 13.1 Å². The van der Waals surface area contributed by atoms with Crippen molar-refractivity contribution in [1.29, 1.82) is 0 Å². The fourth-order valence-electron chi connectivity index (χ4n) is 2.23. The van der Waals surface area contributed by atoms with Crippen molar-refractivity contribution in [2.45, 2.75) is 32.7 Å². The van der Waals surface area contributed by atoms with Crippen LogP contribution in [0.3, 0.4) is 0 Å². The average molecular weight is 335 g/mol. The van der Waals surface area contributed by atoms with Crippen molar-refractivity contribution in [3.05, 3.63) is 47.7 Å². The monoisotopic (exact) mass is 335 g/mol. The molecule has 0 amide bonds. The summed E-state index contributed by atoms with van der Waals surface area (Å²) in [7, 11) is -2.93. The van der Waals surface area contributed by atoms with Gasteiger partial charge in [0, 0.05) is 18.4 Å². The van der Waals surface area contributed by atoms with E-state index in [4.69, 9.17) is 4.42 Å². The Bertz CT molecular complexity index is 737. The Hall–Kier alpha value is -1.59. The van der Waals surface area contributed by atoms with Gasteiger partial charge in [-0.2, -0.15) is 0 Å². The van der Waals surface area contributed by atoms with Gasteiger partial charge in [-0.15, -0.1) is 0 Å². The van der Waals surface area contributed by atoms with E-state index in [2.05, 4.69) is 50.4 Å². The van der Waals surface area contributed by atoms with E-state index in [1.165, 1.54) is 11.8 Å². The third-order valence-electron chi connectivity index (χ3n) is 3.65. The second kappa shape index (κ2) is 6.89. The Kier molecular flexibility index (Phi) is 5.32. The Labute approximate surface area is 138 Å². The molecule has 0 aliphatic heterocycles. The number of rotatable bonds is 6. The zero-order valence-corrected chi connectivity index (χ0v) is 15.0. The second-order valence-corrected chi connectivity index (χ2v) is 9.16. The predicted octanol–water partition coefficient (Wildman–Crippen LogP) is 3.38. The molecule has 1 aromatic heterocycles. The van der Waals surface area contributed by atoms with E-state index in [-0.39, 0.29) is 11.2 Å². The third-order valence-corrected chi connectivity index (χ3v) is 4.59. The van der Waals surface area contributed by atoms with Crippen molar-refractivity contribution in [3.8, 4) is 11.3 Å². The van der Waals surface area contributed by atoms with E-state index in [0.717, 1.165) is 17.1 Å². The van der Waals surface area contributed by atoms with Crippen LogP contribution in [0.5, 0.6) is 0 Å². The van der Waals surface area contributed by atoms with Crippen LogP contribution < -0.4 is 5.32 Å². The number of sulfone groups is 1. The minimum atomic E-state index is -2.93. The zero-order valence-electron chi connectivity index (χ0n) is 14.2. The van der Waals surface area contributed by atoms with Gasteiger partial charge in [0.05, 0.1) is 12.3 Å². The number of furan rings is 1. The molecule has 0 radical (unpaired) electrons. The van der Waals surface area contributed by atoms with E-state index in [1.807, 2.05) is 12.1 Å². The molecule has 4 nitrogen and oxygen atoms in total. The first-order valence-electron chi connectivity index (χ1n) is 7.73. The quantitative estimate of drug-likeness (QED) is 0.822. The molecule has 0 fully saturated rings. The van der Waals surface area contributed by atoms with Crippen molar-refractivity contribution >= 4 is 9.84 Å². The molecule has 0 bridgehead atoms. The number of nitrogens with one attached hydrogen (secondary N) is 1. The third kappa shape index (κ3) is 5.52. The van der Waals surface area contributed by atoms with Crippen LogP contribution >= 0.6 is 0 Å². The molecule has 2 aromatic rings. The van der Waals surface area contributed by atoms with E-state index in [1.54, 1.807) is 0 Å². The van der Waals surface area contributed by atoms with Gasteiger partial charge in [-0.3, -0.25) is 0 Å². The highest BCUT2D eigenvalue weighted by molar-refractivity contribution is 7.90. The normalized spacial score (nSPS) is 12.5. The van der Waals surface area contributed by atoms with Gasteiger partial charge in [-0.05, 0) is 23.1 Å². The van der Waals surface area contributed by atoms with E-state index >= 15 is 0 Å². The molecular formula is C18H25NO3S. The lowest BCUT2D eigenvalue weighted by Gasteiger charge is -2.18. The summed E-state index contributed by atoms with van der Waals surface area (Å²) in [5, 5.41) is 3.08. The molecule has 0 aliphatic carbocycles. The maximum atomic E-state index is 11.1. The summed E-state index contributed by atoms with van der Waals surface area (Å²) >= 11 is 0. The van der Waals surface area contributed by atoms with E-state index < -0.39 is 9.84 Å². The summed E-state index contributed by atoms with van der Waals surface area (Å²) in [6, 6.07) is 12.3. The van der Waals surface area contributed by atoms with Crippen LogP contribution in [0.1, 0.15) is 32.1 Å². The molecule has 2 rings (SSSR count). The van der Waals surface area contributed by atoms with Gasteiger partial charge in [0.25, 0.3) is 0 Å². The summed E-state index contributed by atoms with van der Waals surface area (Å²) in [5.74, 6) is 1.76. The molecular weight excluding hydrogens is 310 g/mol. The van der Waals surface area contributed by atoms with Crippen molar-refractivity contribution < 1.29 is 12.8 Å². The molecule has 0 spiro atoms. The fraction of sp³-hybridized carbons (Fsp3) is 0.444. The second-order valence-electron chi connectivity index (χ2n) is 6.90. The molecule has 0 unspecified atom stereocenters. The molecule has 0 aliphatic rings. The van der Waals surface area contributed by atoms with Crippen molar-refractivity contribution in [1.82, 2.24) is 5.32 Å². The Balaban J connectivity index is 1.96. The predicted molar refractivity (Wildman–Crippen MR) is 94.3 cm³/mol. The first kappa shape index (κ1) is 17.8. The molecule has 1 heterocycles. The Morgan fingerprint density at radius 3 is 2.26 bits per heavy atom. The SMILES string of the molecule is CC(C)(C)c1ccc(-c2ccc(CNCCS(C)(=O)=O)o2)cc1. The van der Waals surface area contributed by atoms with Crippen LogP contribution in [0.25, 0.3) is 11.3 Å². The molecule has 1 N–H and O–H groups in total.